The lowest BCUT2D eigenvalue weighted by atomic mass is 10.9. The second kappa shape index (κ2) is 1.88. The first kappa shape index (κ1) is 5.18. The first-order chi connectivity index (χ1) is 3.30. The maximum atomic E-state index is 5.38. The van der Waals surface area contributed by atoms with Crippen molar-refractivity contribution in [2.24, 2.45) is 11.5 Å². The average Bonchev–Trinajstić information content (AvgIpc) is 1.91. The van der Waals surface area contributed by atoms with Crippen LogP contribution < -0.4 is 11.5 Å². The fraction of sp³-hybridized carbons (Fsp3) is 0.333. The Kier molecular flexibility index (Phi) is 1.39. The standard InChI is InChI=1S/C3H6N2S2/c4-2-3(5)7-1-6-2/h1,4-5H2. The minimum absolute atomic E-state index is 0.782. The third kappa shape index (κ3) is 0.978. The third-order valence-corrected chi connectivity index (χ3v) is 2.81. The Morgan fingerprint density at radius 3 is 1.71 bits per heavy atom. The zero-order valence-corrected chi connectivity index (χ0v) is 5.31. The number of hydrogen-bond donors (Lipinski definition) is 2. The Morgan fingerprint density at radius 1 is 1.14 bits per heavy atom. The molecule has 4 heteroatoms. The van der Waals surface area contributed by atoms with Gasteiger partial charge >= 0.3 is 0 Å². The van der Waals surface area contributed by atoms with Crippen LogP contribution in [0.3, 0.4) is 0 Å². The van der Waals surface area contributed by atoms with E-state index in [0.29, 0.717) is 0 Å². The van der Waals surface area contributed by atoms with Crippen LogP contribution in [0.1, 0.15) is 0 Å². The molecule has 0 spiro atoms. The van der Waals surface area contributed by atoms with Crippen molar-refractivity contribution in [1.29, 1.82) is 0 Å². The highest BCUT2D eigenvalue weighted by molar-refractivity contribution is 8.22. The van der Waals surface area contributed by atoms with E-state index in [1.165, 1.54) is 0 Å². The van der Waals surface area contributed by atoms with Gasteiger partial charge in [0.2, 0.25) is 0 Å². The number of rotatable bonds is 0. The summed E-state index contributed by atoms with van der Waals surface area (Å²) in [6.45, 7) is 0. The number of nitrogens with two attached hydrogens (primary N) is 2. The minimum Gasteiger partial charge on any atom is -0.391 e. The third-order valence-electron chi connectivity index (χ3n) is 0.672. The van der Waals surface area contributed by atoms with Gasteiger partial charge in [-0.05, 0) is 0 Å². The van der Waals surface area contributed by atoms with Crippen LogP contribution in [0.4, 0.5) is 0 Å². The average molecular weight is 134 g/mol. The van der Waals surface area contributed by atoms with Crippen molar-refractivity contribution in [2.45, 2.75) is 0 Å². The zero-order valence-electron chi connectivity index (χ0n) is 3.68. The summed E-state index contributed by atoms with van der Waals surface area (Å²) in [5.74, 6) is 0. The summed E-state index contributed by atoms with van der Waals surface area (Å²) < 4.78 is 0. The molecule has 1 rings (SSSR count). The molecule has 40 valence electrons. The van der Waals surface area contributed by atoms with E-state index in [1.807, 2.05) is 0 Å². The van der Waals surface area contributed by atoms with Gasteiger partial charge in [0.1, 0.15) is 0 Å². The maximum Gasteiger partial charge on any atom is 0.0965 e. The van der Waals surface area contributed by atoms with Crippen LogP contribution in [0.15, 0.2) is 10.1 Å². The predicted octanol–water partition coefficient (Wildman–Crippen LogP) is 0.468. The fourth-order valence-corrected chi connectivity index (χ4v) is 2.19. The summed E-state index contributed by atoms with van der Waals surface area (Å²) in [5, 5.41) is 2.55. The molecule has 2 nitrogen and oxygen atoms in total. The van der Waals surface area contributed by atoms with E-state index in [2.05, 4.69) is 0 Å². The lowest BCUT2D eigenvalue weighted by Crippen LogP contribution is -1.98. The smallest absolute Gasteiger partial charge is 0.0965 e. The van der Waals surface area contributed by atoms with Crippen molar-refractivity contribution in [3.8, 4) is 0 Å². The second-order valence-electron chi connectivity index (χ2n) is 1.14. The summed E-state index contributed by atoms with van der Waals surface area (Å²) in [7, 11) is 0. The van der Waals surface area contributed by atoms with E-state index in [-0.39, 0.29) is 0 Å². The van der Waals surface area contributed by atoms with Gasteiger partial charge in [-0.1, -0.05) is 23.5 Å². The monoisotopic (exact) mass is 134 g/mol. The van der Waals surface area contributed by atoms with Crippen LogP contribution in [0.2, 0.25) is 0 Å². The van der Waals surface area contributed by atoms with E-state index in [0.717, 1.165) is 15.1 Å². The van der Waals surface area contributed by atoms with E-state index in [1.54, 1.807) is 23.5 Å². The Morgan fingerprint density at radius 2 is 1.57 bits per heavy atom. The topological polar surface area (TPSA) is 52.0 Å². The summed E-state index contributed by atoms with van der Waals surface area (Å²) >= 11 is 3.20. The normalized spacial score (nSPS) is 21.1. The second-order valence-corrected chi connectivity index (χ2v) is 3.53. The molecule has 0 bridgehead atoms. The SMILES string of the molecule is NC1=C(N)SCS1. The molecule has 0 unspecified atom stereocenters. The van der Waals surface area contributed by atoms with Crippen molar-refractivity contribution in [3.05, 3.63) is 10.1 Å². The summed E-state index contributed by atoms with van der Waals surface area (Å²) in [4.78, 5) is 0. The van der Waals surface area contributed by atoms with Crippen LogP contribution >= 0.6 is 23.5 Å². The Balaban J connectivity index is 2.64. The van der Waals surface area contributed by atoms with Crippen LogP contribution in [0.25, 0.3) is 0 Å². The summed E-state index contributed by atoms with van der Waals surface area (Å²) in [5.41, 5.74) is 10.8. The van der Waals surface area contributed by atoms with E-state index < -0.39 is 0 Å². The molecular weight excluding hydrogens is 128 g/mol. The number of thioether (sulfide) groups is 2. The van der Waals surface area contributed by atoms with Gasteiger partial charge in [-0.3, -0.25) is 0 Å². The van der Waals surface area contributed by atoms with E-state index in [4.69, 9.17) is 11.5 Å². The first-order valence-corrected chi connectivity index (χ1v) is 3.78. The van der Waals surface area contributed by atoms with Crippen LogP contribution in [0.5, 0.6) is 0 Å². The van der Waals surface area contributed by atoms with Crippen LogP contribution in [-0.4, -0.2) is 5.08 Å². The zero-order chi connectivity index (χ0) is 5.28. The Labute approximate surface area is 50.7 Å². The predicted molar refractivity (Wildman–Crippen MR) is 35.4 cm³/mol. The molecule has 7 heavy (non-hydrogen) atoms. The highest BCUT2D eigenvalue weighted by atomic mass is 32.2. The molecule has 1 heterocycles. The summed E-state index contributed by atoms with van der Waals surface area (Å²) in [6, 6.07) is 0. The molecular formula is C3H6N2S2. The first-order valence-electron chi connectivity index (χ1n) is 1.81. The molecule has 0 saturated carbocycles. The van der Waals surface area contributed by atoms with Crippen molar-refractivity contribution < 1.29 is 0 Å². The van der Waals surface area contributed by atoms with Gasteiger partial charge in [0.15, 0.2) is 0 Å². The molecule has 0 fully saturated rings. The molecule has 1 aliphatic rings. The lowest BCUT2D eigenvalue weighted by molar-refractivity contribution is 1.44. The van der Waals surface area contributed by atoms with E-state index in [9.17, 15) is 0 Å². The van der Waals surface area contributed by atoms with Gasteiger partial charge in [-0.15, -0.1) is 0 Å². The molecule has 4 N–H and O–H groups in total. The van der Waals surface area contributed by atoms with Crippen molar-refractivity contribution in [3.63, 3.8) is 0 Å². The maximum absolute atomic E-state index is 5.38. The molecule has 0 radical (unpaired) electrons. The quantitative estimate of drug-likeness (QED) is 0.505. The molecule has 0 aliphatic carbocycles. The van der Waals surface area contributed by atoms with Crippen LogP contribution in [0, 0.1) is 0 Å². The lowest BCUT2D eigenvalue weighted by Gasteiger charge is -1.86. The number of hydrogen-bond acceptors (Lipinski definition) is 4. The summed E-state index contributed by atoms with van der Waals surface area (Å²) in [6.07, 6.45) is 0. The molecule has 0 amide bonds. The highest BCUT2D eigenvalue weighted by Crippen LogP contribution is 2.32. The van der Waals surface area contributed by atoms with Crippen LogP contribution in [-0.2, 0) is 0 Å². The largest absolute Gasteiger partial charge is 0.391 e. The van der Waals surface area contributed by atoms with Gasteiger partial charge in [0, 0.05) is 0 Å². The van der Waals surface area contributed by atoms with E-state index >= 15 is 0 Å². The Hall–Kier alpha value is 0.0400. The molecule has 0 aromatic carbocycles. The Bertz CT molecular complexity index is 97.5. The molecule has 0 atom stereocenters. The fourth-order valence-electron chi connectivity index (χ4n) is 0.299. The van der Waals surface area contributed by atoms with Gasteiger partial charge in [-0.2, -0.15) is 0 Å². The van der Waals surface area contributed by atoms with Crippen molar-refractivity contribution in [1.82, 2.24) is 0 Å². The van der Waals surface area contributed by atoms with Gasteiger partial charge < -0.3 is 11.5 Å². The van der Waals surface area contributed by atoms with Crippen molar-refractivity contribution in [2.75, 3.05) is 5.08 Å². The molecule has 0 saturated heterocycles. The van der Waals surface area contributed by atoms with Gasteiger partial charge in [-0.25, -0.2) is 0 Å². The van der Waals surface area contributed by atoms with Gasteiger partial charge in [0.25, 0.3) is 0 Å². The molecule has 0 aromatic heterocycles. The molecule has 1 aliphatic heterocycles. The minimum atomic E-state index is 0.782. The van der Waals surface area contributed by atoms with Crippen molar-refractivity contribution >= 4 is 23.5 Å². The van der Waals surface area contributed by atoms with Gasteiger partial charge in [0.05, 0.1) is 15.1 Å². The highest BCUT2D eigenvalue weighted by Gasteiger charge is 2.07. The molecule has 0 aromatic rings.